The van der Waals surface area contributed by atoms with Gasteiger partial charge in [-0.25, -0.2) is 0 Å². The second kappa shape index (κ2) is 8.74. The number of pyridine rings is 2. The van der Waals surface area contributed by atoms with Crippen LogP contribution in [0.15, 0.2) is 97.3 Å². The van der Waals surface area contributed by atoms with Crippen molar-refractivity contribution in [3.63, 3.8) is 0 Å². The van der Waals surface area contributed by atoms with Crippen molar-refractivity contribution in [2.75, 3.05) is 0 Å². The van der Waals surface area contributed by atoms with Gasteiger partial charge in [-0.05, 0) is 0 Å². The van der Waals surface area contributed by atoms with Crippen LogP contribution in [-0.4, -0.2) is 9.97 Å². The molecule has 0 atom stereocenters. The minimum absolute atomic E-state index is 0.513. The second-order valence-electron chi connectivity index (χ2n) is 6.25. The molecule has 0 bridgehead atoms. The van der Waals surface area contributed by atoms with Crippen molar-refractivity contribution in [1.29, 1.82) is 0 Å². The maximum absolute atomic E-state index is 10.7. The minimum atomic E-state index is -10.7. The van der Waals surface area contributed by atoms with Gasteiger partial charge in [-0.15, -0.1) is 0 Å². The van der Waals surface area contributed by atoms with Crippen LogP contribution in [-0.2, 0) is 17.7 Å². The molecule has 0 aliphatic carbocycles. The fraction of sp³-hybridized carbons (Fsp3) is 0. The van der Waals surface area contributed by atoms with Crippen molar-refractivity contribution in [3.8, 4) is 22.5 Å². The number of nitrogens with zero attached hydrogens (tertiary/aromatic N) is 2. The summed E-state index contributed by atoms with van der Waals surface area (Å²) in [5, 5.41) is 0. The van der Waals surface area contributed by atoms with Crippen molar-refractivity contribution in [1.82, 2.24) is 9.97 Å². The van der Waals surface area contributed by atoms with Gasteiger partial charge in [-0.3, -0.25) is 0 Å². The summed E-state index contributed by atoms with van der Waals surface area (Å²) in [4.78, 5) is 8.76. The van der Waals surface area contributed by atoms with Crippen LogP contribution in [0.5, 0.6) is 0 Å². The molecule has 170 valence electrons. The Hall–Kier alpha value is -2.60. The molecule has 2 aromatic heterocycles. The Morgan fingerprint density at radius 2 is 1.00 bits per heavy atom. The molecular weight excluding hydrogens is 629 g/mol. The van der Waals surface area contributed by atoms with Gasteiger partial charge < -0.3 is 0 Å². The van der Waals surface area contributed by atoms with E-state index in [0.29, 0.717) is 12.1 Å². The number of hydrogen-bond donors (Lipinski definition) is 0. The van der Waals surface area contributed by atoms with Gasteiger partial charge in [0.15, 0.2) is 0 Å². The molecule has 0 aliphatic heterocycles. The molecule has 4 aromatic rings. The average Bonchev–Trinajstić information content (AvgIpc) is 2.76. The zero-order chi connectivity index (χ0) is 25.0. The summed E-state index contributed by atoms with van der Waals surface area (Å²) < 4.78 is 78.5. The first-order valence-electron chi connectivity index (χ1n) is 9.88. The summed E-state index contributed by atoms with van der Waals surface area (Å²) in [6.45, 7) is 0. The number of halogens is 6. The molecule has 0 spiro atoms. The predicted molar refractivity (Wildman–Crippen MR) is 112 cm³/mol. The van der Waals surface area contributed by atoms with Crippen LogP contribution < -0.4 is 8.15 Å². The van der Waals surface area contributed by atoms with Crippen molar-refractivity contribution in [3.05, 3.63) is 97.3 Å². The van der Waals surface area contributed by atoms with Gasteiger partial charge in [0, 0.05) is 0 Å². The van der Waals surface area contributed by atoms with Gasteiger partial charge in [0.05, 0.1) is 0 Å². The average molecular weight is 648 g/mol. The van der Waals surface area contributed by atoms with E-state index in [4.69, 9.17) is 2.74 Å². The van der Waals surface area contributed by atoms with E-state index in [-0.39, 0.29) is 0 Å². The van der Waals surface area contributed by atoms with Crippen molar-refractivity contribution in [2.45, 2.75) is 0 Å². The molecule has 4 rings (SSSR count). The van der Waals surface area contributed by atoms with Crippen LogP contribution in [0.25, 0.3) is 22.5 Å². The van der Waals surface area contributed by atoms with Gasteiger partial charge in [0.25, 0.3) is 0 Å². The number of hydrogen-bond acceptors (Lipinski definition) is 2. The van der Waals surface area contributed by atoms with E-state index < -0.39 is 25.5 Å². The summed E-state index contributed by atoms with van der Waals surface area (Å²) in [6, 6.07) is 24.3. The Morgan fingerprint density at radius 3 is 1.34 bits per heavy atom. The molecule has 0 saturated carbocycles. The van der Waals surface area contributed by atoms with Crippen LogP contribution in [0, 0.1) is 0 Å². The van der Waals surface area contributed by atoms with E-state index in [9.17, 15) is 25.2 Å². The molecule has 32 heavy (non-hydrogen) atoms. The SMILES string of the molecule is F[P-](F)(F)(F)(F)F.[2H]c1[c]([Ir+][c]2cccc(-c3ccccn3)c2[2H])cccc1-c1ccccn1. The van der Waals surface area contributed by atoms with E-state index in [1.807, 2.05) is 72.8 Å². The normalized spacial score (nSPS) is 14.3. The molecule has 10 heteroatoms. The maximum atomic E-state index is 9.87. The molecule has 0 aliphatic rings. The number of rotatable bonds is 4. The fourth-order valence-corrected chi connectivity index (χ4v) is 4.90. The zero-order valence-electron chi connectivity index (χ0n) is 18.0. The van der Waals surface area contributed by atoms with Gasteiger partial charge >= 0.3 is 191 Å². The number of benzene rings is 2. The summed E-state index contributed by atoms with van der Waals surface area (Å²) in [7, 11) is -10.7. The molecule has 0 saturated heterocycles. The topological polar surface area (TPSA) is 25.8 Å². The first kappa shape index (κ1) is 21.3. The van der Waals surface area contributed by atoms with E-state index in [2.05, 4.69) is 9.97 Å². The Labute approximate surface area is 191 Å². The van der Waals surface area contributed by atoms with Crippen molar-refractivity contribution in [2.24, 2.45) is 0 Å². The third-order valence-electron chi connectivity index (χ3n) is 3.55. The summed E-state index contributed by atoms with van der Waals surface area (Å²) in [6.07, 6.45) is 3.49. The van der Waals surface area contributed by atoms with Crippen LogP contribution in [0.2, 0.25) is 0 Å². The monoisotopic (exact) mass is 648 g/mol. The van der Waals surface area contributed by atoms with Crippen molar-refractivity contribution >= 4 is 16.0 Å². The summed E-state index contributed by atoms with van der Waals surface area (Å²) >= 11 is -0.825. The third-order valence-corrected chi connectivity index (χ3v) is 6.24. The fourth-order valence-electron chi connectivity index (χ4n) is 2.40. The second-order valence-corrected chi connectivity index (χ2v) is 11.3. The van der Waals surface area contributed by atoms with Crippen LogP contribution in [0.4, 0.5) is 25.2 Å². The quantitative estimate of drug-likeness (QED) is 0.173. The summed E-state index contributed by atoms with van der Waals surface area (Å²) in [5.41, 5.74) is 3.29. The molecule has 0 fully saturated rings. The van der Waals surface area contributed by atoms with Crippen LogP contribution in [0.1, 0.15) is 2.74 Å². The Kier molecular flexibility index (Phi) is 5.80. The molecule has 2 nitrogen and oxygen atoms in total. The molecule has 2 heterocycles. The zero-order valence-corrected chi connectivity index (χ0v) is 19.3. The first-order valence-corrected chi connectivity index (χ1v) is 13.3. The molecule has 2 aromatic carbocycles. The van der Waals surface area contributed by atoms with Gasteiger partial charge in [-0.1, -0.05) is 0 Å². The third kappa shape index (κ3) is 9.26. The van der Waals surface area contributed by atoms with E-state index >= 15 is 0 Å². The van der Waals surface area contributed by atoms with Gasteiger partial charge in [0.2, 0.25) is 0 Å². The predicted octanol–water partition coefficient (Wildman–Crippen LogP) is 7.23. The Bertz CT molecular complexity index is 1190. The molecule has 0 radical (unpaired) electrons. The molecule has 0 N–H and O–H groups in total. The van der Waals surface area contributed by atoms with Gasteiger partial charge in [-0.2, -0.15) is 0 Å². The summed E-state index contributed by atoms with van der Waals surface area (Å²) in [5.74, 6) is 0. The standard InChI is InChI=1S/2C11H8N.F6P.Ir/c2*1-2-6-10(7-3-1)11-8-4-5-9-12-11;1-7(2,3,4,5)6;/h2*1-2,4-9H;;/q;;-1;+1/i2*7D;;. The Morgan fingerprint density at radius 1 is 0.594 bits per heavy atom. The van der Waals surface area contributed by atoms with E-state index in [0.717, 1.165) is 30.7 Å². The Balaban J connectivity index is 0.000000406. The van der Waals surface area contributed by atoms with Crippen LogP contribution in [0.3, 0.4) is 0 Å². The van der Waals surface area contributed by atoms with Crippen LogP contribution >= 0.6 is 7.81 Å². The van der Waals surface area contributed by atoms with E-state index in [1.54, 1.807) is 12.4 Å². The molecular formula is C22H16F6IrN2P. The first-order chi connectivity index (χ1) is 15.7. The van der Waals surface area contributed by atoms with Crippen molar-refractivity contribution < 1.29 is 45.6 Å². The van der Waals surface area contributed by atoms with Gasteiger partial charge in [0.1, 0.15) is 0 Å². The molecule has 0 amide bonds. The molecule has 0 unspecified atom stereocenters. The van der Waals surface area contributed by atoms with E-state index in [1.165, 1.54) is 0 Å². The number of aromatic nitrogens is 2.